The van der Waals surface area contributed by atoms with E-state index in [-0.39, 0.29) is 23.7 Å². The highest BCUT2D eigenvalue weighted by Gasteiger charge is 2.34. The van der Waals surface area contributed by atoms with E-state index in [0.29, 0.717) is 18.1 Å². The monoisotopic (exact) mass is 388 g/mol. The number of hydrogen-bond donors (Lipinski definition) is 2. The molecule has 1 aromatic carbocycles. The van der Waals surface area contributed by atoms with Crippen LogP contribution in [0.25, 0.3) is 0 Å². The molecule has 0 bridgehead atoms. The standard InChI is InChI=1S/C19H24N4O3S/c1-23-10-14(7-21-23)16-8-20-9-17(16)19(25)22-15-5-3-4-13(6-15)11-27-12-18(24)26-2/h3-7,10,16-17,20H,8-9,11-12H2,1-2H3,(H,22,25)/t16-,17+/m1/s1. The van der Waals surface area contributed by atoms with E-state index in [1.807, 2.05) is 43.7 Å². The van der Waals surface area contributed by atoms with E-state index in [4.69, 9.17) is 0 Å². The van der Waals surface area contributed by atoms with Crippen molar-refractivity contribution in [2.75, 3.05) is 31.3 Å². The number of carbonyl (C=O) groups is 2. The summed E-state index contributed by atoms with van der Waals surface area (Å²) in [4.78, 5) is 24.0. The van der Waals surface area contributed by atoms with Gasteiger partial charge in [0, 0.05) is 43.7 Å². The molecule has 3 rings (SSSR count). The molecular weight excluding hydrogens is 364 g/mol. The molecule has 0 spiro atoms. The number of nitrogens with one attached hydrogen (secondary N) is 2. The van der Waals surface area contributed by atoms with Crippen LogP contribution in [0.3, 0.4) is 0 Å². The first-order valence-corrected chi connectivity index (χ1v) is 9.96. The van der Waals surface area contributed by atoms with Crippen LogP contribution < -0.4 is 10.6 Å². The molecule has 2 aromatic rings. The summed E-state index contributed by atoms with van der Waals surface area (Å²) in [6.45, 7) is 1.42. The normalized spacial score (nSPS) is 19.0. The van der Waals surface area contributed by atoms with Crippen molar-refractivity contribution < 1.29 is 14.3 Å². The van der Waals surface area contributed by atoms with Crippen LogP contribution in [0.4, 0.5) is 5.69 Å². The highest BCUT2D eigenvalue weighted by molar-refractivity contribution is 7.99. The summed E-state index contributed by atoms with van der Waals surface area (Å²) in [5.74, 6) is 0.757. The summed E-state index contributed by atoms with van der Waals surface area (Å²) in [5.41, 5.74) is 2.90. The molecule has 1 amide bonds. The molecule has 2 heterocycles. The van der Waals surface area contributed by atoms with Gasteiger partial charge in [-0.05, 0) is 23.3 Å². The van der Waals surface area contributed by atoms with Crippen molar-refractivity contribution in [3.8, 4) is 0 Å². The van der Waals surface area contributed by atoms with Crippen LogP contribution in [-0.4, -0.2) is 47.6 Å². The smallest absolute Gasteiger partial charge is 0.315 e. The van der Waals surface area contributed by atoms with E-state index >= 15 is 0 Å². The lowest BCUT2D eigenvalue weighted by Gasteiger charge is -2.17. The van der Waals surface area contributed by atoms with Gasteiger partial charge in [-0.15, -0.1) is 11.8 Å². The quantitative estimate of drug-likeness (QED) is 0.703. The second-order valence-corrected chi connectivity index (χ2v) is 7.56. The van der Waals surface area contributed by atoms with Crippen LogP contribution in [0.5, 0.6) is 0 Å². The fraction of sp³-hybridized carbons (Fsp3) is 0.421. The third kappa shape index (κ3) is 5.11. The van der Waals surface area contributed by atoms with Gasteiger partial charge in [0.1, 0.15) is 0 Å². The second-order valence-electron chi connectivity index (χ2n) is 6.58. The van der Waals surface area contributed by atoms with Gasteiger partial charge in [-0.25, -0.2) is 0 Å². The molecule has 2 N–H and O–H groups in total. The van der Waals surface area contributed by atoms with Crippen LogP contribution in [0, 0.1) is 5.92 Å². The molecule has 8 heteroatoms. The van der Waals surface area contributed by atoms with E-state index in [0.717, 1.165) is 23.4 Å². The number of aromatic nitrogens is 2. The third-order valence-electron chi connectivity index (χ3n) is 4.61. The number of nitrogens with zero attached hydrogens (tertiary/aromatic N) is 2. The van der Waals surface area contributed by atoms with Gasteiger partial charge in [0.2, 0.25) is 5.91 Å². The van der Waals surface area contributed by atoms with Gasteiger partial charge >= 0.3 is 5.97 Å². The van der Waals surface area contributed by atoms with Crippen molar-refractivity contribution in [3.05, 3.63) is 47.8 Å². The van der Waals surface area contributed by atoms with Crippen LogP contribution >= 0.6 is 11.8 Å². The number of methoxy groups -OCH3 is 1. The largest absolute Gasteiger partial charge is 0.468 e. The van der Waals surface area contributed by atoms with Crippen LogP contribution in [0.15, 0.2) is 36.7 Å². The van der Waals surface area contributed by atoms with E-state index in [9.17, 15) is 9.59 Å². The zero-order valence-electron chi connectivity index (χ0n) is 15.5. The van der Waals surface area contributed by atoms with E-state index in [1.54, 1.807) is 4.68 Å². The van der Waals surface area contributed by atoms with E-state index in [1.165, 1.54) is 18.9 Å². The molecule has 144 valence electrons. The lowest BCUT2D eigenvalue weighted by molar-refractivity contribution is -0.137. The van der Waals surface area contributed by atoms with Gasteiger partial charge in [-0.3, -0.25) is 14.3 Å². The molecule has 1 aromatic heterocycles. The Labute approximate surface area is 162 Å². The number of hydrogen-bond acceptors (Lipinski definition) is 6. The van der Waals surface area contributed by atoms with E-state index in [2.05, 4.69) is 20.5 Å². The number of amides is 1. The van der Waals surface area contributed by atoms with Gasteiger partial charge in [-0.1, -0.05) is 12.1 Å². The first-order chi connectivity index (χ1) is 13.1. The third-order valence-corrected chi connectivity index (χ3v) is 5.59. The van der Waals surface area contributed by atoms with Gasteiger partial charge in [0.05, 0.1) is 25.0 Å². The fourth-order valence-electron chi connectivity index (χ4n) is 3.22. The first kappa shape index (κ1) is 19.4. The minimum Gasteiger partial charge on any atom is -0.468 e. The van der Waals surface area contributed by atoms with Crippen molar-refractivity contribution in [2.45, 2.75) is 11.7 Å². The molecule has 0 radical (unpaired) electrons. The minimum atomic E-state index is -0.236. The zero-order valence-corrected chi connectivity index (χ0v) is 16.3. The summed E-state index contributed by atoms with van der Waals surface area (Å²) in [6, 6.07) is 7.72. The Morgan fingerprint density at radius 3 is 3.00 bits per heavy atom. The average molecular weight is 388 g/mol. The molecule has 1 fully saturated rings. The molecule has 7 nitrogen and oxygen atoms in total. The maximum atomic E-state index is 12.8. The van der Waals surface area contributed by atoms with Crippen LogP contribution in [0.2, 0.25) is 0 Å². The molecule has 1 aliphatic rings. The lowest BCUT2D eigenvalue weighted by atomic mass is 9.90. The predicted octanol–water partition coefficient (Wildman–Crippen LogP) is 1.77. The topological polar surface area (TPSA) is 85.2 Å². The van der Waals surface area contributed by atoms with Gasteiger partial charge < -0.3 is 15.4 Å². The van der Waals surface area contributed by atoms with Crippen molar-refractivity contribution in [3.63, 3.8) is 0 Å². The predicted molar refractivity (Wildman–Crippen MR) is 106 cm³/mol. The molecule has 27 heavy (non-hydrogen) atoms. The molecule has 0 saturated carbocycles. The number of carbonyl (C=O) groups excluding carboxylic acids is 2. The van der Waals surface area contributed by atoms with Gasteiger partial charge in [0.25, 0.3) is 0 Å². The maximum absolute atomic E-state index is 12.8. The van der Waals surface area contributed by atoms with Crippen molar-refractivity contribution in [1.82, 2.24) is 15.1 Å². The van der Waals surface area contributed by atoms with Gasteiger partial charge in [0.15, 0.2) is 0 Å². The Morgan fingerprint density at radius 2 is 2.26 bits per heavy atom. The second kappa shape index (κ2) is 9.05. The maximum Gasteiger partial charge on any atom is 0.315 e. The van der Waals surface area contributed by atoms with Crippen molar-refractivity contribution in [1.29, 1.82) is 0 Å². The number of aryl methyl sites for hydroxylation is 1. The molecular formula is C19H24N4O3S. The fourth-order valence-corrected chi connectivity index (χ4v) is 4.02. The SMILES string of the molecule is COC(=O)CSCc1cccc(NC(=O)[C@H]2CNC[C@@H]2c2cnn(C)c2)c1. The summed E-state index contributed by atoms with van der Waals surface area (Å²) < 4.78 is 6.40. The number of thioether (sulfide) groups is 1. The molecule has 1 aliphatic heterocycles. The highest BCUT2D eigenvalue weighted by atomic mass is 32.2. The number of anilines is 1. The molecule has 1 saturated heterocycles. The van der Waals surface area contributed by atoms with Gasteiger partial charge in [-0.2, -0.15) is 5.10 Å². The van der Waals surface area contributed by atoms with Crippen molar-refractivity contribution >= 4 is 29.3 Å². The van der Waals surface area contributed by atoms with Crippen LogP contribution in [-0.2, 0) is 27.1 Å². The Hall–Kier alpha value is -2.32. The number of benzene rings is 1. The Kier molecular flexibility index (Phi) is 6.52. The van der Waals surface area contributed by atoms with Crippen LogP contribution in [0.1, 0.15) is 17.0 Å². The first-order valence-electron chi connectivity index (χ1n) is 8.80. The highest BCUT2D eigenvalue weighted by Crippen LogP contribution is 2.29. The number of esters is 1. The Morgan fingerprint density at radius 1 is 1.41 bits per heavy atom. The summed E-state index contributed by atoms with van der Waals surface area (Å²) in [7, 11) is 3.26. The molecule has 2 atom stereocenters. The lowest BCUT2D eigenvalue weighted by Crippen LogP contribution is -2.28. The minimum absolute atomic E-state index is 0.00761. The Balaban J connectivity index is 1.60. The number of ether oxygens (including phenoxy) is 1. The average Bonchev–Trinajstić information content (AvgIpc) is 3.30. The zero-order chi connectivity index (χ0) is 19.2. The van der Waals surface area contributed by atoms with E-state index < -0.39 is 0 Å². The molecule has 0 unspecified atom stereocenters. The summed E-state index contributed by atoms with van der Waals surface area (Å²) in [5, 5.41) is 10.6. The number of rotatable bonds is 7. The van der Waals surface area contributed by atoms with Crippen molar-refractivity contribution in [2.24, 2.45) is 13.0 Å². The molecule has 0 aliphatic carbocycles. The summed E-state index contributed by atoms with van der Waals surface area (Å²) >= 11 is 1.49. The summed E-state index contributed by atoms with van der Waals surface area (Å²) in [6.07, 6.45) is 3.80. The Bertz CT molecular complexity index is 808.